The molecule has 6 nitrogen and oxygen atoms in total. The van der Waals surface area contributed by atoms with Crippen molar-refractivity contribution in [2.24, 2.45) is 0 Å². The van der Waals surface area contributed by atoms with Crippen LogP contribution in [0.1, 0.15) is 29.9 Å². The Morgan fingerprint density at radius 3 is 2.82 bits per heavy atom. The second-order valence-corrected chi connectivity index (χ2v) is 6.40. The smallest absolute Gasteiger partial charge is 0.234 e. The van der Waals surface area contributed by atoms with Crippen LogP contribution in [0.15, 0.2) is 4.52 Å². The van der Waals surface area contributed by atoms with Crippen molar-refractivity contribution in [3.8, 4) is 0 Å². The van der Waals surface area contributed by atoms with Crippen molar-refractivity contribution < 1.29 is 9.32 Å². The van der Waals surface area contributed by atoms with Gasteiger partial charge in [-0.15, -0.1) is 0 Å². The van der Waals surface area contributed by atoms with E-state index in [4.69, 9.17) is 4.52 Å². The van der Waals surface area contributed by atoms with Crippen LogP contribution in [0.2, 0.25) is 0 Å². The molecule has 2 heterocycles. The fourth-order valence-corrected chi connectivity index (χ4v) is 2.99. The summed E-state index contributed by atoms with van der Waals surface area (Å²) in [5, 5.41) is 6.96. The standard InChI is InChI=1S/C16H28N4O2/c1-12-15(13(2)22-18-12)6-5-8-17-16(21)11-20-9-7-14(10-20)19(3)4/h14H,5-11H2,1-4H3,(H,17,21)/t14-/m1/s1. The lowest BCUT2D eigenvalue weighted by Crippen LogP contribution is -2.38. The summed E-state index contributed by atoms with van der Waals surface area (Å²) < 4.78 is 5.14. The van der Waals surface area contributed by atoms with Gasteiger partial charge in [-0.25, -0.2) is 0 Å². The molecular formula is C16H28N4O2. The number of nitrogens with zero attached hydrogens (tertiary/aromatic N) is 3. The molecule has 1 aliphatic rings. The molecule has 0 bridgehead atoms. The van der Waals surface area contributed by atoms with Crippen LogP contribution in [0.5, 0.6) is 0 Å². The number of carbonyl (C=O) groups excluding carboxylic acids is 1. The van der Waals surface area contributed by atoms with E-state index in [0.29, 0.717) is 19.1 Å². The van der Waals surface area contributed by atoms with Gasteiger partial charge in [0.15, 0.2) is 0 Å². The number of hydrogen-bond acceptors (Lipinski definition) is 5. The van der Waals surface area contributed by atoms with Gasteiger partial charge in [-0.05, 0) is 47.2 Å². The van der Waals surface area contributed by atoms with E-state index in [0.717, 1.165) is 43.8 Å². The van der Waals surface area contributed by atoms with E-state index in [-0.39, 0.29) is 5.91 Å². The van der Waals surface area contributed by atoms with Gasteiger partial charge in [0.05, 0.1) is 12.2 Å². The van der Waals surface area contributed by atoms with Crippen molar-refractivity contribution in [1.29, 1.82) is 0 Å². The topological polar surface area (TPSA) is 61.6 Å². The predicted octanol–water partition coefficient (Wildman–Crippen LogP) is 0.976. The van der Waals surface area contributed by atoms with Crippen molar-refractivity contribution in [3.63, 3.8) is 0 Å². The first-order chi connectivity index (χ1) is 10.5. The Morgan fingerprint density at radius 1 is 1.45 bits per heavy atom. The van der Waals surface area contributed by atoms with Gasteiger partial charge < -0.3 is 14.7 Å². The van der Waals surface area contributed by atoms with E-state index in [1.165, 1.54) is 5.56 Å². The maximum absolute atomic E-state index is 12.0. The molecule has 1 fully saturated rings. The van der Waals surface area contributed by atoms with Crippen molar-refractivity contribution in [1.82, 2.24) is 20.3 Å². The van der Waals surface area contributed by atoms with Crippen LogP contribution < -0.4 is 5.32 Å². The largest absolute Gasteiger partial charge is 0.361 e. The normalized spacial score (nSPS) is 19.0. The Morgan fingerprint density at radius 2 is 2.23 bits per heavy atom. The summed E-state index contributed by atoms with van der Waals surface area (Å²) >= 11 is 0. The average Bonchev–Trinajstić information content (AvgIpc) is 3.04. The molecule has 22 heavy (non-hydrogen) atoms. The van der Waals surface area contributed by atoms with Crippen LogP contribution in [0, 0.1) is 13.8 Å². The second-order valence-electron chi connectivity index (χ2n) is 6.40. The minimum absolute atomic E-state index is 0.123. The molecule has 2 rings (SSSR count). The molecule has 1 atom stereocenters. The molecule has 124 valence electrons. The lowest BCUT2D eigenvalue weighted by atomic mass is 10.1. The number of aromatic nitrogens is 1. The zero-order valence-electron chi connectivity index (χ0n) is 14.2. The van der Waals surface area contributed by atoms with Gasteiger partial charge in [0, 0.05) is 31.2 Å². The maximum Gasteiger partial charge on any atom is 0.234 e. The van der Waals surface area contributed by atoms with Gasteiger partial charge >= 0.3 is 0 Å². The van der Waals surface area contributed by atoms with E-state index >= 15 is 0 Å². The van der Waals surface area contributed by atoms with Crippen LogP contribution in [-0.4, -0.2) is 67.2 Å². The first-order valence-corrected chi connectivity index (χ1v) is 8.04. The minimum Gasteiger partial charge on any atom is -0.361 e. The van der Waals surface area contributed by atoms with Crippen LogP contribution >= 0.6 is 0 Å². The third kappa shape index (κ3) is 4.55. The fraction of sp³-hybridized carbons (Fsp3) is 0.750. The SMILES string of the molecule is Cc1noc(C)c1CCCNC(=O)CN1CC[C@@H](N(C)C)C1. The number of amides is 1. The first kappa shape index (κ1) is 17.0. The van der Waals surface area contributed by atoms with Crippen LogP contribution in [-0.2, 0) is 11.2 Å². The van der Waals surface area contributed by atoms with Crippen molar-refractivity contribution in [2.45, 2.75) is 39.2 Å². The number of likely N-dealkylation sites (N-methyl/N-ethyl adjacent to an activating group) is 1. The van der Waals surface area contributed by atoms with Gasteiger partial charge in [-0.1, -0.05) is 5.16 Å². The molecule has 1 amide bonds. The zero-order valence-corrected chi connectivity index (χ0v) is 14.2. The van der Waals surface area contributed by atoms with Gasteiger partial charge in [-0.3, -0.25) is 9.69 Å². The third-order valence-electron chi connectivity index (χ3n) is 4.45. The highest BCUT2D eigenvalue weighted by Gasteiger charge is 2.24. The molecule has 1 aliphatic heterocycles. The molecule has 1 saturated heterocycles. The summed E-state index contributed by atoms with van der Waals surface area (Å²) in [5.74, 6) is 1.01. The number of nitrogens with one attached hydrogen (secondary N) is 1. The van der Waals surface area contributed by atoms with Gasteiger partial charge in [-0.2, -0.15) is 0 Å². The van der Waals surface area contributed by atoms with E-state index in [1.807, 2.05) is 13.8 Å². The van der Waals surface area contributed by atoms with Gasteiger partial charge in [0.25, 0.3) is 0 Å². The second kappa shape index (κ2) is 7.74. The lowest BCUT2D eigenvalue weighted by Gasteiger charge is -2.20. The highest BCUT2D eigenvalue weighted by Crippen LogP contribution is 2.14. The van der Waals surface area contributed by atoms with Crippen molar-refractivity contribution >= 4 is 5.91 Å². The molecule has 1 N–H and O–H groups in total. The molecule has 6 heteroatoms. The minimum atomic E-state index is 0.123. The zero-order chi connectivity index (χ0) is 16.1. The molecule has 0 unspecified atom stereocenters. The van der Waals surface area contributed by atoms with E-state index in [1.54, 1.807) is 0 Å². The Balaban J connectivity index is 1.62. The predicted molar refractivity (Wildman–Crippen MR) is 85.8 cm³/mol. The Kier molecular flexibility index (Phi) is 5.97. The van der Waals surface area contributed by atoms with Gasteiger partial charge in [0.1, 0.15) is 5.76 Å². The van der Waals surface area contributed by atoms with Crippen LogP contribution in [0.25, 0.3) is 0 Å². The molecule has 1 aromatic rings. The third-order valence-corrected chi connectivity index (χ3v) is 4.45. The molecule has 0 spiro atoms. The summed E-state index contributed by atoms with van der Waals surface area (Å²) in [5.41, 5.74) is 2.12. The van der Waals surface area contributed by atoms with Crippen LogP contribution in [0.4, 0.5) is 0 Å². The average molecular weight is 308 g/mol. The Bertz CT molecular complexity index is 479. The van der Waals surface area contributed by atoms with Crippen molar-refractivity contribution in [3.05, 3.63) is 17.0 Å². The number of carbonyl (C=O) groups is 1. The Labute approximate surface area is 132 Å². The summed E-state index contributed by atoms with van der Waals surface area (Å²) in [6.45, 7) is 7.10. The number of rotatable bonds is 7. The maximum atomic E-state index is 12.0. The molecule has 0 aromatic carbocycles. The molecule has 0 radical (unpaired) electrons. The number of hydrogen-bond donors (Lipinski definition) is 1. The van der Waals surface area contributed by atoms with E-state index < -0.39 is 0 Å². The number of aryl methyl sites for hydroxylation is 2. The lowest BCUT2D eigenvalue weighted by molar-refractivity contribution is -0.122. The Hall–Kier alpha value is -1.40. The van der Waals surface area contributed by atoms with E-state index in [9.17, 15) is 4.79 Å². The van der Waals surface area contributed by atoms with Gasteiger partial charge in [0.2, 0.25) is 5.91 Å². The molecule has 1 aromatic heterocycles. The summed E-state index contributed by atoms with van der Waals surface area (Å²) in [6, 6.07) is 0.576. The van der Waals surface area contributed by atoms with Crippen molar-refractivity contribution in [2.75, 3.05) is 40.3 Å². The first-order valence-electron chi connectivity index (χ1n) is 8.04. The molecule has 0 aliphatic carbocycles. The highest BCUT2D eigenvalue weighted by molar-refractivity contribution is 5.78. The monoisotopic (exact) mass is 308 g/mol. The molecular weight excluding hydrogens is 280 g/mol. The summed E-state index contributed by atoms with van der Waals surface area (Å²) in [6.07, 6.45) is 2.95. The van der Waals surface area contributed by atoms with Crippen LogP contribution in [0.3, 0.4) is 0 Å². The number of likely N-dealkylation sites (tertiary alicyclic amines) is 1. The quantitative estimate of drug-likeness (QED) is 0.761. The fourth-order valence-electron chi connectivity index (χ4n) is 2.99. The summed E-state index contributed by atoms with van der Waals surface area (Å²) in [4.78, 5) is 16.4. The van der Waals surface area contributed by atoms with E-state index in [2.05, 4.69) is 34.4 Å². The molecule has 0 saturated carbocycles. The summed E-state index contributed by atoms with van der Waals surface area (Å²) in [7, 11) is 4.20. The highest BCUT2D eigenvalue weighted by atomic mass is 16.5.